The van der Waals surface area contributed by atoms with Crippen molar-refractivity contribution < 1.29 is 35.9 Å². The van der Waals surface area contributed by atoms with Crippen molar-refractivity contribution in [3.05, 3.63) is 107 Å². The molecule has 0 aliphatic carbocycles. The van der Waals surface area contributed by atoms with Crippen LogP contribution in [0.15, 0.2) is 78.9 Å². The van der Waals surface area contributed by atoms with Gasteiger partial charge in [0.05, 0.1) is 11.1 Å². The molecular formula is C41H47F6N5O2. The molecule has 4 aliphatic heterocycles. The monoisotopic (exact) mass is 755 g/mol. The van der Waals surface area contributed by atoms with Crippen molar-refractivity contribution in [1.29, 1.82) is 0 Å². The second-order valence-corrected chi connectivity index (χ2v) is 15.2. The number of piperazine rings is 1. The highest BCUT2D eigenvalue weighted by atomic mass is 19.4. The third-order valence-electron chi connectivity index (χ3n) is 11.8. The Balaban J connectivity index is 1.00. The van der Waals surface area contributed by atoms with E-state index in [1.54, 1.807) is 0 Å². The largest absolute Gasteiger partial charge is 0.416 e. The zero-order chi connectivity index (χ0) is 38.0. The molecule has 0 aromatic heterocycles. The number of rotatable bonds is 8. The van der Waals surface area contributed by atoms with Gasteiger partial charge in [0.1, 0.15) is 6.04 Å². The van der Waals surface area contributed by atoms with E-state index in [-0.39, 0.29) is 36.6 Å². The number of alkyl halides is 6. The van der Waals surface area contributed by atoms with Crippen molar-refractivity contribution in [2.75, 3.05) is 58.9 Å². The van der Waals surface area contributed by atoms with Crippen molar-refractivity contribution >= 4 is 11.8 Å². The van der Waals surface area contributed by atoms with Crippen molar-refractivity contribution in [3.63, 3.8) is 0 Å². The second-order valence-electron chi connectivity index (χ2n) is 15.2. The van der Waals surface area contributed by atoms with E-state index in [4.69, 9.17) is 0 Å². The molecule has 290 valence electrons. The molecule has 4 fully saturated rings. The third-order valence-corrected chi connectivity index (χ3v) is 11.8. The highest BCUT2D eigenvalue weighted by Gasteiger charge is 2.42. The van der Waals surface area contributed by atoms with Crippen LogP contribution in [0.25, 0.3) is 0 Å². The molecule has 4 aliphatic rings. The van der Waals surface area contributed by atoms with Crippen LogP contribution in [0.4, 0.5) is 26.3 Å². The van der Waals surface area contributed by atoms with Crippen LogP contribution in [0.1, 0.15) is 70.8 Å². The molecule has 0 bridgehead atoms. The first-order chi connectivity index (χ1) is 25.8. The van der Waals surface area contributed by atoms with Gasteiger partial charge in [-0.1, -0.05) is 60.7 Å². The third kappa shape index (κ3) is 8.63. The van der Waals surface area contributed by atoms with Crippen LogP contribution < -0.4 is 0 Å². The average Bonchev–Trinajstić information content (AvgIpc) is 3.89. The number of carbonyl (C=O) groups excluding carboxylic acids is 2. The van der Waals surface area contributed by atoms with Crippen LogP contribution in [0.2, 0.25) is 0 Å². The summed E-state index contributed by atoms with van der Waals surface area (Å²) in [4.78, 5) is 38.6. The van der Waals surface area contributed by atoms with Crippen LogP contribution in [0.5, 0.6) is 0 Å². The van der Waals surface area contributed by atoms with Gasteiger partial charge in [0, 0.05) is 69.5 Å². The Morgan fingerprint density at radius 1 is 0.667 bits per heavy atom. The number of amides is 2. The van der Waals surface area contributed by atoms with E-state index in [9.17, 15) is 35.9 Å². The van der Waals surface area contributed by atoms with E-state index in [1.807, 2.05) is 65.6 Å². The predicted octanol–water partition coefficient (Wildman–Crippen LogP) is 7.00. The lowest BCUT2D eigenvalue weighted by Gasteiger charge is -2.47. The summed E-state index contributed by atoms with van der Waals surface area (Å²) in [6.45, 7) is 6.74. The van der Waals surface area contributed by atoms with Gasteiger partial charge in [-0.2, -0.15) is 26.3 Å². The quantitative estimate of drug-likeness (QED) is 0.232. The van der Waals surface area contributed by atoms with Crippen molar-refractivity contribution in [2.45, 2.75) is 75.0 Å². The molecule has 0 radical (unpaired) electrons. The summed E-state index contributed by atoms with van der Waals surface area (Å²) < 4.78 is 82.1. The van der Waals surface area contributed by atoms with Gasteiger partial charge >= 0.3 is 12.4 Å². The van der Waals surface area contributed by atoms with Crippen LogP contribution in [0.3, 0.4) is 0 Å². The number of piperidine rings is 1. The van der Waals surface area contributed by atoms with Crippen LogP contribution in [-0.2, 0) is 23.6 Å². The SMILES string of the molecule is O=C(C(c1ccccc1)N1CCCC1)N1CCC(N2CCN(C3CCN(C(=O)c4cc(C(F)(F)F)cc(C(F)(F)F)c4)C(Cc4ccccc4)C3)CC2)C1. The van der Waals surface area contributed by atoms with E-state index >= 15 is 0 Å². The number of carbonyl (C=O) groups is 2. The fourth-order valence-corrected chi connectivity index (χ4v) is 8.98. The Kier molecular flexibility index (Phi) is 11.4. The second kappa shape index (κ2) is 16.0. The maximum absolute atomic E-state index is 14.0. The first-order valence-electron chi connectivity index (χ1n) is 19.1. The molecule has 3 aromatic rings. The topological polar surface area (TPSA) is 50.3 Å². The number of halogens is 6. The summed E-state index contributed by atoms with van der Waals surface area (Å²) in [6.07, 6.45) is -5.42. The summed E-state index contributed by atoms with van der Waals surface area (Å²) in [7, 11) is 0. The van der Waals surface area contributed by atoms with E-state index in [1.165, 1.54) is 4.90 Å². The first kappa shape index (κ1) is 38.3. The van der Waals surface area contributed by atoms with Gasteiger partial charge < -0.3 is 9.80 Å². The van der Waals surface area contributed by atoms with Crippen LogP contribution in [0, 0.1) is 0 Å². The lowest BCUT2D eigenvalue weighted by molar-refractivity contribution is -0.143. The molecule has 4 unspecified atom stereocenters. The maximum atomic E-state index is 14.0. The number of likely N-dealkylation sites (tertiary alicyclic amines) is 3. The van der Waals surface area contributed by atoms with Gasteiger partial charge in [-0.05, 0) is 80.9 Å². The summed E-state index contributed by atoms with van der Waals surface area (Å²) in [5, 5.41) is 0. The molecule has 2 amide bonds. The Morgan fingerprint density at radius 2 is 1.22 bits per heavy atom. The smallest absolute Gasteiger partial charge is 0.339 e. The fourth-order valence-electron chi connectivity index (χ4n) is 8.98. The van der Waals surface area contributed by atoms with Crippen molar-refractivity contribution in [3.8, 4) is 0 Å². The zero-order valence-corrected chi connectivity index (χ0v) is 30.2. The number of nitrogens with zero attached hydrogens (tertiary/aromatic N) is 5. The highest BCUT2D eigenvalue weighted by molar-refractivity contribution is 5.95. The van der Waals surface area contributed by atoms with Gasteiger partial charge in [-0.3, -0.25) is 24.3 Å². The predicted molar refractivity (Wildman–Crippen MR) is 193 cm³/mol. The Hall–Kier alpha value is -3.94. The molecule has 3 aromatic carbocycles. The minimum atomic E-state index is -5.04. The molecule has 7 nitrogen and oxygen atoms in total. The minimum Gasteiger partial charge on any atom is -0.339 e. The Bertz CT molecular complexity index is 1710. The van der Waals surface area contributed by atoms with Gasteiger partial charge in [0.15, 0.2) is 0 Å². The standard InChI is InChI=1S/C41H47F6N5O2/c42-40(43,44)32-24-31(25-33(26-32)41(45,46)47)38(53)52-18-14-34(27-36(52)23-29-9-3-1-4-10-29)48-19-21-49(22-20-48)35-13-17-51(28-35)39(54)37(50-15-7-8-16-50)30-11-5-2-6-12-30/h1-6,9-12,24-26,34-37H,7-8,13-23,27-28H2. The molecule has 4 saturated heterocycles. The van der Waals surface area contributed by atoms with Gasteiger partial charge in [0.2, 0.25) is 5.91 Å². The molecule has 0 spiro atoms. The molecule has 0 saturated carbocycles. The number of hydrogen-bond donors (Lipinski definition) is 0. The van der Waals surface area contributed by atoms with Gasteiger partial charge in [0.25, 0.3) is 5.91 Å². The molecule has 4 heterocycles. The maximum Gasteiger partial charge on any atom is 0.416 e. The van der Waals surface area contributed by atoms with E-state index in [0.717, 1.165) is 76.2 Å². The summed E-state index contributed by atoms with van der Waals surface area (Å²) >= 11 is 0. The van der Waals surface area contributed by atoms with Gasteiger partial charge in [-0.25, -0.2) is 0 Å². The lowest BCUT2D eigenvalue weighted by Crippen LogP contribution is -2.58. The van der Waals surface area contributed by atoms with E-state index in [0.29, 0.717) is 37.9 Å². The summed E-state index contributed by atoms with van der Waals surface area (Å²) in [6, 6.07) is 20.3. The first-order valence-corrected chi connectivity index (χ1v) is 19.1. The molecule has 0 N–H and O–H groups in total. The van der Waals surface area contributed by atoms with E-state index < -0.39 is 41.0 Å². The molecule has 54 heavy (non-hydrogen) atoms. The molecular weight excluding hydrogens is 708 g/mol. The zero-order valence-electron chi connectivity index (χ0n) is 30.2. The Morgan fingerprint density at radius 3 is 1.81 bits per heavy atom. The molecule has 7 rings (SSSR count). The minimum absolute atomic E-state index is 0.0567. The Labute approximate surface area is 312 Å². The van der Waals surface area contributed by atoms with E-state index in [2.05, 4.69) is 14.7 Å². The number of hydrogen-bond acceptors (Lipinski definition) is 5. The average molecular weight is 756 g/mol. The molecule has 4 atom stereocenters. The van der Waals surface area contributed by atoms with Gasteiger partial charge in [-0.15, -0.1) is 0 Å². The van der Waals surface area contributed by atoms with Crippen LogP contribution in [-0.4, -0.2) is 113 Å². The summed E-state index contributed by atoms with van der Waals surface area (Å²) in [5.41, 5.74) is -1.62. The summed E-state index contributed by atoms with van der Waals surface area (Å²) in [5.74, 6) is -0.648. The van der Waals surface area contributed by atoms with Crippen molar-refractivity contribution in [2.24, 2.45) is 0 Å². The number of benzene rings is 3. The van der Waals surface area contributed by atoms with Crippen LogP contribution >= 0.6 is 0 Å². The lowest BCUT2D eigenvalue weighted by atomic mass is 9.90. The highest BCUT2D eigenvalue weighted by Crippen LogP contribution is 2.38. The normalized spacial score (nSPS) is 24.2. The fraction of sp³-hybridized carbons (Fsp3) is 0.512. The van der Waals surface area contributed by atoms with Crippen molar-refractivity contribution in [1.82, 2.24) is 24.5 Å². The molecule has 13 heteroatoms.